The predicted octanol–water partition coefficient (Wildman–Crippen LogP) is 3.61. The Balaban J connectivity index is 1.74. The summed E-state index contributed by atoms with van der Waals surface area (Å²) in [5, 5.41) is 0. The first-order valence-electron chi connectivity index (χ1n) is 6.27. The second-order valence-corrected chi connectivity index (χ2v) is 6.76. The number of halogens is 1. The van der Waals surface area contributed by atoms with Crippen molar-refractivity contribution in [1.29, 1.82) is 0 Å². The third kappa shape index (κ3) is 4.65. The number of hydrogen-bond donors (Lipinski definition) is 1. The van der Waals surface area contributed by atoms with Gasteiger partial charge in [0.05, 0.1) is 17.4 Å². The van der Waals surface area contributed by atoms with Crippen molar-refractivity contribution in [1.82, 2.24) is 0 Å². The Morgan fingerprint density at radius 3 is 2.35 bits per heavy atom. The molecule has 106 valence electrons. The van der Waals surface area contributed by atoms with Crippen LogP contribution in [-0.4, -0.2) is 16.6 Å². The SMILES string of the molecule is Nc1ccc(OCCCS(=O)c2ccc(Br)cc2)cc1. The molecular weight excluding hydrogens is 338 g/mol. The van der Waals surface area contributed by atoms with E-state index in [1.807, 2.05) is 36.4 Å². The van der Waals surface area contributed by atoms with Gasteiger partial charge in [0, 0.05) is 20.8 Å². The van der Waals surface area contributed by atoms with Crippen LogP contribution in [0, 0.1) is 0 Å². The third-order valence-electron chi connectivity index (χ3n) is 2.70. The molecule has 2 N–H and O–H groups in total. The van der Waals surface area contributed by atoms with Crippen LogP contribution in [0.5, 0.6) is 5.75 Å². The van der Waals surface area contributed by atoms with Gasteiger partial charge in [-0.2, -0.15) is 0 Å². The van der Waals surface area contributed by atoms with Crippen molar-refractivity contribution in [2.24, 2.45) is 0 Å². The molecule has 0 aliphatic rings. The van der Waals surface area contributed by atoms with Gasteiger partial charge >= 0.3 is 0 Å². The van der Waals surface area contributed by atoms with Gasteiger partial charge in [-0.1, -0.05) is 15.9 Å². The lowest BCUT2D eigenvalue weighted by Gasteiger charge is -2.06. The van der Waals surface area contributed by atoms with Crippen molar-refractivity contribution >= 4 is 32.4 Å². The molecular formula is C15H16BrNO2S. The van der Waals surface area contributed by atoms with Crippen molar-refractivity contribution in [3.63, 3.8) is 0 Å². The van der Waals surface area contributed by atoms with E-state index in [0.717, 1.165) is 21.5 Å². The van der Waals surface area contributed by atoms with Gasteiger partial charge in [-0.05, 0) is 55.0 Å². The maximum atomic E-state index is 12.0. The van der Waals surface area contributed by atoms with E-state index >= 15 is 0 Å². The highest BCUT2D eigenvalue weighted by molar-refractivity contribution is 9.10. The summed E-state index contributed by atoms with van der Waals surface area (Å²) in [5.41, 5.74) is 6.31. The Hall–Kier alpha value is -1.33. The zero-order valence-corrected chi connectivity index (χ0v) is 13.3. The number of nitrogens with two attached hydrogens (primary N) is 1. The molecule has 0 heterocycles. The molecule has 0 fully saturated rings. The fourth-order valence-corrected chi connectivity index (χ4v) is 2.97. The van der Waals surface area contributed by atoms with E-state index in [4.69, 9.17) is 10.5 Å². The summed E-state index contributed by atoms with van der Waals surface area (Å²) in [5.74, 6) is 1.38. The quantitative estimate of drug-likeness (QED) is 0.637. The molecule has 2 rings (SSSR count). The molecule has 3 nitrogen and oxygen atoms in total. The van der Waals surface area contributed by atoms with Gasteiger partial charge in [0.2, 0.25) is 0 Å². The van der Waals surface area contributed by atoms with Gasteiger partial charge in [0.1, 0.15) is 5.75 Å². The van der Waals surface area contributed by atoms with Crippen LogP contribution in [0.2, 0.25) is 0 Å². The van der Waals surface area contributed by atoms with E-state index in [9.17, 15) is 4.21 Å². The lowest BCUT2D eigenvalue weighted by Crippen LogP contribution is -2.05. The van der Waals surface area contributed by atoms with E-state index < -0.39 is 10.8 Å². The molecule has 0 bridgehead atoms. The fourth-order valence-electron chi connectivity index (χ4n) is 1.65. The van der Waals surface area contributed by atoms with Gasteiger partial charge in [0.15, 0.2) is 0 Å². The highest BCUT2D eigenvalue weighted by Crippen LogP contribution is 2.15. The van der Waals surface area contributed by atoms with Crippen LogP contribution >= 0.6 is 15.9 Å². The summed E-state index contributed by atoms with van der Waals surface area (Å²) in [6.45, 7) is 0.548. The van der Waals surface area contributed by atoms with Crippen LogP contribution < -0.4 is 10.5 Å². The molecule has 20 heavy (non-hydrogen) atoms. The number of ether oxygens (including phenoxy) is 1. The van der Waals surface area contributed by atoms with E-state index in [-0.39, 0.29) is 0 Å². The number of nitrogen functional groups attached to an aromatic ring is 1. The van der Waals surface area contributed by atoms with Crippen molar-refractivity contribution < 1.29 is 8.95 Å². The van der Waals surface area contributed by atoms with Gasteiger partial charge < -0.3 is 10.5 Å². The Labute approximate surface area is 129 Å². The Bertz CT molecular complexity index is 569. The monoisotopic (exact) mass is 353 g/mol. The summed E-state index contributed by atoms with van der Waals surface area (Å²) >= 11 is 3.36. The van der Waals surface area contributed by atoms with Crippen LogP contribution in [-0.2, 0) is 10.8 Å². The van der Waals surface area contributed by atoms with Gasteiger partial charge in [-0.15, -0.1) is 0 Å². The maximum Gasteiger partial charge on any atom is 0.119 e. The van der Waals surface area contributed by atoms with Gasteiger partial charge in [0.25, 0.3) is 0 Å². The van der Waals surface area contributed by atoms with Crippen LogP contribution in [0.3, 0.4) is 0 Å². The van der Waals surface area contributed by atoms with E-state index in [1.54, 1.807) is 12.1 Å². The molecule has 0 aromatic heterocycles. The topological polar surface area (TPSA) is 52.3 Å². The summed E-state index contributed by atoms with van der Waals surface area (Å²) in [6.07, 6.45) is 0.743. The van der Waals surface area contributed by atoms with E-state index in [1.165, 1.54) is 0 Å². The number of rotatable bonds is 6. The highest BCUT2D eigenvalue weighted by Gasteiger charge is 2.03. The normalized spacial score (nSPS) is 12.1. The lowest BCUT2D eigenvalue weighted by molar-refractivity contribution is 0.318. The molecule has 1 unspecified atom stereocenters. The predicted molar refractivity (Wildman–Crippen MR) is 86.4 cm³/mol. The molecule has 1 atom stereocenters. The lowest BCUT2D eigenvalue weighted by atomic mass is 10.3. The number of hydrogen-bond acceptors (Lipinski definition) is 3. The van der Waals surface area contributed by atoms with Crippen LogP contribution in [0.4, 0.5) is 5.69 Å². The summed E-state index contributed by atoms with van der Waals surface area (Å²) in [4.78, 5) is 0.848. The minimum absolute atomic E-state index is 0.548. The molecule has 0 radical (unpaired) electrons. The molecule has 0 saturated heterocycles. The Morgan fingerprint density at radius 2 is 1.70 bits per heavy atom. The largest absolute Gasteiger partial charge is 0.494 e. The first-order chi connectivity index (χ1) is 9.65. The summed E-state index contributed by atoms with van der Waals surface area (Å²) in [6, 6.07) is 14.8. The minimum Gasteiger partial charge on any atom is -0.494 e. The molecule has 0 amide bonds. The summed E-state index contributed by atoms with van der Waals surface area (Å²) in [7, 11) is -0.974. The van der Waals surface area contributed by atoms with Crippen molar-refractivity contribution in [2.75, 3.05) is 18.1 Å². The molecule has 0 aliphatic carbocycles. The third-order valence-corrected chi connectivity index (χ3v) is 4.69. The fraction of sp³-hybridized carbons (Fsp3) is 0.200. The van der Waals surface area contributed by atoms with Crippen molar-refractivity contribution in [2.45, 2.75) is 11.3 Å². The highest BCUT2D eigenvalue weighted by atomic mass is 79.9. The van der Waals surface area contributed by atoms with Gasteiger partial charge in [-0.25, -0.2) is 0 Å². The van der Waals surface area contributed by atoms with Crippen molar-refractivity contribution in [3.8, 4) is 5.75 Å². The number of anilines is 1. The first-order valence-corrected chi connectivity index (χ1v) is 8.38. The van der Waals surface area contributed by atoms with E-state index in [2.05, 4.69) is 15.9 Å². The Kier molecular flexibility index (Phi) is 5.61. The molecule has 2 aromatic carbocycles. The second kappa shape index (κ2) is 7.45. The zero-order valence-electron chi connectivity index (χ0n) is 10.9. The minimum atomic E-state index is -0.974. The standard InChI is InChI=1S/C15H16BrNO2S/c16-12-2-8-15(9-3-12)20(18)11-1-10-19-14-6-4-13(17)5-7-14/h2-9H,1,10-11,17H2. The average molecular weight is 354 g/mol. The molecule has 0 saturated carbocycles. The van der Waals surface area contributed by atoms with Gasteiger partial charge in [-0.3, -0.25) is 4.21 Å². The smallest absolute Gasteiger partial charge is 0.119 e. The zero-order chi connectivity index (χ0) is 14.4. The molecule has 2 aromatic rings. The average Bonchev–Trinajstić information content (AvgIpc) is 2.46. The first kappa shape index (κ1) is 15.1. The van der Waals surface area contributed by atoms with Crippen LogP contribution in [0.1, 0.15) is 6.42 Å². The van der Waals surface area contributed by atoms with Crippen LogP contribution in [0.25, 0.3) is 0 Å². The van der Waals surface area contributed by atoms with Crippen LogP contribution in [0.15, 0.2) is 57.9 Å². The number of benzene rings is 2. The molecule has 5 heteroatoms. The second-order valence-electron chi connectivity index (χ2n) is 4.27. The molecule has 0 spiro atoms. The maximum absolute atomic E-state index is 12.0. The summed E-state index contributed by atoms with van der Waals surface area (Å²) < 4.78 is 18.6. The Morgan fingerprint density at radius 1 is 1.05 bits per heavy atom. The van der Waals surface area contributed by atoms with Crippen molar-refractivity contribution in [3.05, 3.63) is 53.0 Å². The molecule has 0 aliphatic heterocycles. The van der Waals surface area contributed by atoms with E-state index in [0.29, 0.717) is 18.0 Å².